The van der Waals surface area contributed by atoms with Gasteiger partial charge < -0.3 is 9.88 Å². The Balaban J connectivity index is 1.46. The van der Waals surface area contributed by atoms with E-state index in [0.717, 1.165) is 50.9 Å². The number of fused-ring (bicyclic) bond motifs is 4. The summed E-state index contributed by atoms with van der Waals surface area (Å²) < 4.78 is 4.48. The Bertz CT molecular complexity index is 936. The normalized spacial score (nSPS) is 21.6. The second-order valence-electron chi connectivity index (χ2n) is 7.18. The summed E-state index contributed by atoms with van der Waals surface area (Å²) in [4.78, 5) is 27.0. The van der Waals surface area contributed by atoms with Crippen LogP contribution in [0.3, 0.4) is 0 Å². The van der Waals surface area contributed by atoms with Crippen molar-refractivity contribution in [2.75, 3.05) is 25.0 Å². The van der Waals surface area contributed by atoms with Crippen molar-refractivity contribution in [2.24, 2.45) is 5.92 Å². The van der Waals surface area contributed by atoms with E-state index in [-0.39, 0.29) is 11.5 Å². The molecule has 2 atom stereocenters. The van der Waals surface area contributed by atoms with E-state index >= 15 is 0 Å². The van der Waals surface area contributed by atoms with E-state index in [1.807, 2.05) is 28.8 Å². The molecule has 0 spiro atoms. The lowest BCUT2D eigenvalue weighted by Gasteiger charge is -2.42. The van der Waals surface area contributed by atoms with Gasteiger partial charge in [0.15, 0.2) is 0 Å². The van der Waals surface area contributed by atoms with Crippen LogP contribution in [-0.2, 0) is 11.3 Å². The van der Waals surface area contributed by atoms with Gasteiger partial charge in [-0.3, -0.25) is 14.5 Å². The van der Waals surface area contributed by atoms with Crippen LogP contribution in [0.5, 0.6) is 0 Å². The molecule has 142 valence electrons. The molecule has 0 radical (unpaired) electrons. The van der Waals surface area contributed by atoms with E-state index in [1.54, 1.807) is 6.07 Å². The molecule has 1 fully saturated rings. The number of rotatable bonds is 3. The Morgan fingerprint density at radius 3 is 2.59 bits per heavy atom. The average Bonchev–Trinajstić information content (AvgIpc) is 2.59. The monoisotopic (exact) mass is 557 g/mol. The number of carbonyl (C=O) groups is 1. The number of anilines is 1. The lowest BCUT2D eigenvalue weighted by Crippen LogP contribution is -2.49. The third-order valence-electron chi connectivity index (χ3n) is 5.19. The molecule has 27 heavy (non-hydrogen) atoms. The molecule has 2 unspecified atom stereocenters. The van der Waals surface area contributed by atoms with Gasteiger partial charge in [0.25, 0.3) is 5.56 Å². The number of hydrogen-bond donors (Lipinski definition) is 1. The Labute approximate surface area is 182 Å². The van der Waals surface area contributed by atoms with Gasteiger partial charge in [-0.2, -0.15) is 0 Å². The van der Waals surface area contributed by atoms with Crippen LogP contribution in [0.1, 0.15) is 18.0 Å². The maximum atomic E-state index is 12.6. The first-order valence-electron chi connectivity index (χ1n) is 8.77. The van der Waals surface area contributed by atoms with Crippen LogP contribution in [0.4, 0.5) is 5.69 Å². The molecule has 1 saturated heterocycles. The minimum atomic E-state index is -0.0378. The highest BCUT2D eigenvalue weighted by Gasteiger charge is 2.35. The van der Waals surface area contributed by atoms with E-state index < -0.39 is 0 Å². The predicted molar refractivity (Wildman–Crippen MR) is 116 cm³/mol. The van der Waals surface area contributed by atoms with Crippen LogP contribution in [0, 0.1) is 5.92 Å². The summed E-state index contributed by atoms with van der Waals surface area (Å²) in [6, 6.07) is 9.31. The van der Waals surface area contributed by atoms with Crippen molar-refractivity contribution < 1.29 is 4.79 Å². The highest BCUT2D eigenvalue weighted by Crippen LogP contribution is 2.36. The van der Waals surface area contributed by atoms with Gasteiger partial charge in [0.05, 0.1) is 12.2 Å². The summed E-state index contributed by atoms with van der Waals surface area (Å²) in [6.07, 6.45) is 1.09. The van der Waals surface area contributed by atoms with Crippen LogP contribution in [0.25, 0.3) is 0 Å². The Morgan fingerprint density at radius 1 is 1.11 bits per heavy atom. The average molecular weight is 560 g/mol. The van der Waals surface area contributed by atoms with E-state index in [2.05, 4.69) is 58.0 Å². The molecule has 0 saturated carbocycles. The quantitative estimate of drug-likeness (QED) is 0.613. The summed E-state index contributed by atoms with van der Waals surface area (Å²) >= 11 is 10.4. The molecule has 8 heteroatoms. The second-order valence-corrected chi connectivity index (χ2v) is 9.81. The lowest BCUT2D eigenvalue weighted by molar-refractivity contribution is -0.118. The summed E-state index contributed by atoms with van der Waals surface area (Å²) in [5, 5.41) is 3.00. The first-order chi connectivity index (χ1) is 12.9. The number of likely N-dealkylation sites (tertiary alicyclic amines) is 1. The summed E-state index contributed by atoms with van der Waals surface area (Å²) in [6.45, 7) is 2.73. The Morgan fingerprint density at radius 2 is 1.85 bits per heavy atom. The number of pyridine rings is 1. The van der Waals surface area contributed by atoms with E-state index in [4.69, 9.17) is 0 Å². The summed E-state index contributed by atoms with van der Waals surface area (Å²) in [7, 11) is 0. The maximum absolute atomic E-state index is 12.6. The molecule has 4 rings (SSSR count). The van der Waals surface area contributed by atoms with Gasteiger partial charge in [0, 0.05) is 50.7 Å². The minimum Gasteiger partial charge on any atom is -0.323 e. The molecular weight excluding hydrogens is 542 g/mol. The van der Waals surface area contributed by atoms with Crippen LogP contribution in [-0.4, -0.2) is 35.0 Å². The standard InChI is InChI=1S/C19H18Br3N3O2/c20-13-5-14(21)19(15(22)6-13)23-17(26)10-24-7-11-4-12(9-24)16-2-1-3-18(27)25(16)8-11/h1-3,5-6,11-12H,4,7-10H2,(H,23,26). The summed E-state index contributed by atoms with van der Waals surface area (Å²) in [5.41, 5.74) is 1.91. The lowest BCUT2D eigenvalue weighted by atomic mass is 9.83. The minimum absolute atomic E-state index is 0.0378. The molecule has 2 bridgehead atoms. The molecule has 1 N–H and O–H groups in total. The molecule has 5 nitrogen and oxygen atoms in total. The van der Waals surface area contributed by atoms with E-state index in [1.165, 1.54) is 0 Å². The molecule has 1 aromatic carbocycles. The molecule has 1 aromatic heterocycles. The number of hydrogen-bond acceptors (Lipinski definition) is 3. The van der Waals surface area contributed by atoms with Gasteiger partial charge in [-0.05, 0) is 62.4 Å². The fourth-order valence-corrected chi connectivity index (χ4v) is 6.63. The molecule has 2 aliphatic rings. The third-order valence-corrected chi connectivity index (χ3v) is 6.90. The topological polar surface area (TPSA) is 54.3 Å². The molecule has 0 aliphatic carbocycles. The second kappa shape index (κ2) is 7.81. The van der Waals surface area contributed by atoms with Crippen LogP contribution in [0.15, 0.2) is 48.5 Å². The van der Waals surface area contributed by atoms with Crippen molar-refractivity contribution in [1.82, 2.24) is 9.47 Å². The largest absolute Gasteiger partial charge is 0.323 e. The summed E-state index contributed by atoms with van der Waals surface area (Å²) in [5.74, 6) is 0.685. The van der Waals surface area contributed by atoms with Gasteiger partial charge in [-0.1, -0.05) is 22.0 Å². The molecule has 1 amide bonds. The zero-order valence-electron chi connectivity index (χ0n) is 14.4. The molecule has 3 heterocycles. The zero-order chi connectivity index (χ0) is 19.1. The van der Waals surface area contributed by atoms with Crippen LogP contribution < -0.4 is 10.9 Å². The van der Waals surface area contributed by atoms with Gasteiger partial charge in [-0.15, -0.1) is 0 Å². The zero-order valence-corrected chi connectivity index (χ0v) is 19.2. The molecule has 2 aromatic rings. The van der Waals surface area contributed by atoms with Gasteiger partial charge in [0.2, 0.25) is 5.91 Å². The Hall–Kier alpha value is -0.960. The molecular formula is C19H18Br3N3O2. The SMILES string of the molecule is O=C(CN1CC2CC(C1)c1cccc(=O)n1C2)Nc1c(Br)cc(Br)cc1Br. The van der Waals surface area contributed by atoms with Crippen molar-refractivity contribution in [2.45, 2.75) is 18.9 Å². The maximum Gasteiger partial charge on any atom is 0.250 e. The van der Waals surface area contributed by atoms with Gasteiger partial charge in [0.1, 0.15) is 0 Å². The fourth-order valence-electron chi connectivity index (χ4n) is 4.17. The molecule has 2 aliphatic heterocycles. The number of piperidine rings is 1. The number of aromatic nitrogens is 1. The van der Waals surface area contributed by atoms with Crippen molar-refractivity contribution in [3.8, 4) is 0 Å². The predicted octanol–water partition coefficient (Wildman–Crippen LogP) is 4.19. The first kappa shape index (κ1) is 19.4. The highest BCUT2D eigenvalue weighted by molar-refractivity contribution is 9.11. The number of benzene rings is 1. The van der Waals surface area contributed by atoms with Crippen molar-refractivity contribution in [1.29, 1.82) is 0 Å². The highest BCUT2D eigenvalue weighted by atomic mass is 79.9. The van der Waals surface area contributed by atoms with Gasteiger partial charge >= 0.3 is 0 Å². The number of nitrogens with zero attached hydrogens (tertiary/aromatic N) is 2. The smallest absolute Gasteiger partial charge is 0.250 e. The fraction of sp³-hybridized carbons (Fsp3) is 0.368. The van der Waals surface area contributed by atoms with E-state index in [9.17, 15) is 9.59 Å². The van der Waals surface area contributed by atoms with Crippen molar-refractivity contribution in [3.05, 3.63) is 59.8 Å². The number of carbonyl (C=O) groups excluding carboxylic acids is 1. The van der Waals surface area contributed by atoms with E-state index in [0.29, 0.717) is 18.4 Å². The third kappa shape index (κ3) is 4.09. The number of nitrogens with one attached hydrogen (secondary N) is 1. The van der Waals surface area contributed by atoms with Crippen molar-refractivity contribution >= 4 is 59.4 Å². The van der Waals surface area contributed by atoms with Crippen LogP contribution in [0.2, 0.25) is 0 Å². The Kier molecular flexibility index (Phi) is 5.60. The van der Waals surface area contributed by atoms with Crippen molar-refractivity contribution in [3.63, 3.8) is 0 Å². The first-order valence-corrected chi connectivity index (χ1v) is 11.1. The van der Waals surface area contributed by atoms with Gasteiger partial charge in [-0.25, -0.2) is 0 Å². The van der Waals surface area contributed by atoms with Crippen LogP contribution >= 0.6 is 47.8 Å². The number of amides is 1. The number of halogens is 3.